The van der Waals surface area contributed by atoms with Crippen molar-refractivity contribution in [3.63, 3.8) is 0 Å². The van der Waals surface area contributed by atoms with E-state index in [2.05, 4.69) is 4.98 Å². The average molecular weight is 282 g/mol. The highest BCUT2D eigenvalue weighted by molar-refractivity contribution is 6.31. The predicted molar refractivity (Wildman–Crippen MR) is 76.8 cm³/mol. The standard InChI is InChI=1S/C14H17ClFN3/c1-4-11-18-13(14(17)19(11)8(2)3)9-6-5-7-10(15)12(9)16/h5-8H,4,17H2,1-3H3. The minimum Gasteiger partial charge on any atom is -0.383 e. The third-order valence-electron chi connectivity index (χ3n) is 3.06. The zero-order chi connectivity index (χ0) is 14.2. The van der Waals surface area contributed by atoms with Crippen LogP contribution in [-0.2, 0) is 6.42 Å². The normalized spacial score (nSPS) is 11.3. The third-order valence-corrected chi connectivity index (χ3v) is 3.35. The molecule has 3 nitrogen and oxygen atoms in total. The molecule has 0 saturated carbocycles. The Morgan fingerprint density at radius 2 is 2.11 bits per heavy atom. The molecule has 0 radical (unpaired) electrons. The smallest absolute Gasteiger partial charge is 0.151 e. The quantitative estimate of drug-likeness (QED) is 0.922. The van der Waals surface area contributed by atoms with E-state index in [-0.39, 0.29) is 11.1 Å². The monoisotopic (exact) mass is 281 g/mol. The van der Waals surface area contributed by atoms with Crippen molar-refractivity contribution >= 4 is 17.4 Å². The molecule has 0 aliphatic carbocycles. The summed E-state index contributed by atoms with van der Waals surface area (Å²) in [6.45, 7) is 6.05. The van der Waals surface area contributed by atoms with Gasteiger partial charge in [0.25, 0.3) is 0 Å². The molecule has 1 heterocycles. The first-order chi connectivity index (χ1) is 8.97. The van der Waals surface area contributed by atoms with Gasteiger partial charge in [-0.15, -0.1) is 0 Å². The van der Waals surface area contributed by atoms with Crippen molar-refractivity contribution in [3.05, 3.63) is 34.9 Å². The van der Waals surface area contributed by atoms with Gasteiger partial charge in [0.2, 0.25) is 0 Å². The van der Waals surface area contributed by atoms with Crippen molar-refractivity contribution in [3.8, 4) is 11.3 Å². The molecule has 0 amide bonds. The molecule has 2 aromatic rings. The lowest BCUT2D eigenvalue weighted by atomic mass is 10.1. The fraction of sp³-hybridized carbons (Fsp3) is 0.357. The number of anilines is 1. The third kappa shape index (κ3) is 2.32. The number of rotatable bonds is 3. The van der Waals surface area contributed by atoms with Crippen molar-refractivity contribution in [2.45, 2.75) is 33.2 Å². The molecule has 0 spiro atoms. The number of imidazole rings is 1. The van der Waals surface area contributed by atoms with Gasteiger partial charge in [-0.3, -0.25) is 0 Å². The van der Waals surface area contributed by atoms with Crippen LogP contribution in [-0.4, -0.2) is 9.55 Å². The van der Waals surface area contributed by atoms with E-state index < -0.39 is 5.82 Å². The maximum absolute atomic E-state index is 14.1. The van der Waals surface area contributed by atoms with Gasteiger partial charge in [0.05, 0.1) is 5.02 Å². The van der Waals surface area contributed by atoms with Gasteiger partial charge in [-0.2, -0.15) is 0 Å². The molecule has 0 fully saturated rings. The SMILES string of the molecule is CCc1nc(-c2cccc(Cl)c2F)c(N)n1C(C)C. The van der Waals surface area contributed by atoms with Crippen molar-refractivity contribution in [1.82, 2.24) is 9.55 Å². The zero-order valence-corrected chi connectivity index (χ0v) is 12.0. The summed E-state index contributed by atoms with van der Waals surface area (Å²) in [4.78, 5) is 4.46. The summed E-state index contributed by atoms with van der Waals surface area (Å²) < 4.78 is 16.0. The molecule has 0 aliphatic rings. The second kappa shape index (κ2) is 5.21. The van der Waals surface area contributed by atoms with E-state index in [4.69, 9.17) is 17.3 Å². The van der Waals surface area contributed by atoms with Crippen LogP contribution in [0.1, 0.15) is 32.6 Å². The summed E-state index contributed by atoms with van der Waals surface area (Å²) >= 11 is 5.81. The molecule has 0 atom stereocenters. The van der Waals surface area contributed by atoms with Crippen LogP contribution in [0.2, 0.25) is 5.02 Å². The number of hydrogen-bond acceptors (Lipinski definition) is 2. The Morgan fingerprint density at radius 3 is 2.63 bits per heavy atom. The summed E-state index contributed by atoms with van der Waals surface area (Å²) in [6.07, 6.45) is 0.741. The van der Waals surface area contributed by atoms with Crippen molar-refractivity contribution in [2.75, 3.05) is 5.73 Å². The lowest BCUT2D eigenvalue weighted by molar-refractivity contribution is 0.579. The van der Waals surface area contributed by atoms with Crippen LogP contribution in [0.5, 0.6) is 0 Å². The Labute approximate surface area is 117 Å². The first kappa shape index (κ1) is 13.9. The number of benzene rings is 1. The number of nitrogens with zero attached hydrogens (tertiary/aromatic N) is 2. The second-order valence-electron chi connectivity index (χ2n) is 4.68. The maximum atomic E-state index is 14.1. The number of nitrogens with two attached hydrogens (primary N) is 1. The Balaban J connectivity index is 2.67. The Morgan fingerprint density at radius 1 is 1.42 bits per heavy atom. The van der Waals surface area contributed by atoms with Gasteiger partial charge >= 0.3 is 0 Å². The highest BCUT2D eigenvalue weighted by atomic mass is 35.5. The fourth-order valence-electron chi connectivity index (χ4n) is 2.20. The molecule has 1 aromatic carbocycles. The van der Waals surface area contributed by atoms with Gasteiger partial charge in [-0.1, -0.05) is 24.6 Å². The molecular formula is C14H17ClFN3. The molecule has 2 N–H and O–H groups in total. The second-order valence-corrected chi connectivity index (χ2v) is 5.09. The number of aromatic nitrogens is 2. The van der Waals surface area contributed by atoms with E-state index in [1.807, 2.05) is 25.3 Å². The Kier molecular flexibility index (Phi) is 3.80. The molecule has 1 aromatic heterocycles. The molecule has 0 aliphatic heterocycles. The summed E-state index contributed by atoms with van der Waals surface area (Å²) in [7, 11) is 0. The van der Waals surface area contributed by atoms with Gasteiger partial charge in [0.1, 0.15) is 17.3 Å². The van der Waals surface area contributed by atoms with E-state index in [1.54, 1.807) is 12.1 Å². The maximum Gasteiger partial charge on any atom is 0.151 e. The van der Waals surface area contributed by atoms with Crippen LogP contribution >= 0.6 is 11.6 Å². The minimum absolute atomic E-state index is 0.0778. The van der Waals surface area contributed by atoms with E-state index in [0.717, 1.165) is 12.2 Å². The van der Waals surface area contributed by atoms with Crippen LogP contribution < -0.4 is 5.73 Å². The van der Waals surface area contributed by atoms with Crippen LogP contribution in [0.4, 0.5) is 10.2 Å². The highest BCUT2D eigenvalue weighted by Crippen LogP contribution is 2.33. The first-order valence-corrected chi connectivity index (χ1v) is 6.66. The van der Waals surface area contributed by atoms with Crippen molar-refractivity contribution in [1.29, 1.82) is 0 Å². The average Bonchev–Trinajstić information content (AvgIpc) is 2.70. The van der Waals surface area contributed by atoms with Crippen LogP contribution in [0.25, 0.3) is 11.3 Å². The highest BCUT2D eigenvalue weighted by Gasteiger charge is 2.20. The van der Waals surface area contributed by atoms with Crippen LogP contribution in [0.15, 0.2) is 18.2 Å². The number of halogens is 2. The summed E-state index contributed by atoms with van der Waals surface area (Å²) in [5.74, 6) is 0.849. The van der Waals surface area contributed by atoms with Gasteiger partial charge in [-0.25, -0.2) is 9.37 Å². The molecular weight excluding hydrogens is 265 g/mol. The van der Waals surface area contributed by atoms with Gasteiger partial charge in [0, 0.05) is 18.0 Å². The Hall–Kier alpha value is -1.55. The summed E-state index contributed by atoms with van der Waals surface area (Å²) in [5, 5.41) is 0.0778. The van der Waals surface area contributed by atoms with Gasteiger partial charge in [0.15, 0.2) is 5.82 Å². The van der Waals surface area contributed by atoms with E-state index in [9.17, 15) is 4.39 Å². The fourth-order valence-corrected chi connectivity index (χ4v) is 2.38. The summed E-state index contributed by atoms with van der Waals surface area (Å²) in [5.41, 5.74) is 6.93. The van der Waals surface area contributed by atoms with Crippen molar-refractivity contribution in [2.24, 2.45) is 0 Å². The number of nitrogen functional groups attached to an aromatic ring is 1. The topological polar surface area (TPSA) is 43.8 Å². The molecule has 2 rings (SSSR count). The van der Waals surface area contributed by atoms with Gasteiger partial charge < -0.3 is 10.3 Å². The van der Waals surface area contributed by atoms with Crippen LogP contribution in [0.3, 0.4) is 0 Å². The lowest BCUT2D eigenvalue weighted by Crippen LogP contribution is -2.09. The number of aryl methyl sites for hydroxylation is 1. The molecule has 0 bridgehead atoms. The van der Waals surface area contributed by atoms with E-state index in [1.165, 1.54) is 6.07 Å². The zero-order valence-electron chi connectivity index (χ0n) is 11.2. The lowest BCUT2D eigenvalue weighted by Gasteiger charge is -2.12. The van der Waals surface area contributed by atoms with Gasteiger partial charge in [-0.05, 0) is 26.0 Å². The molecule has 0 unspecified atom stereocenters. The first-order valence-electron chi connectivity index (χ1n) is 6.28. The van der Waals surface area contributed by atoms with Crippen LogP contribution in [0, 0.1) is 5.82 Å². The molecule has 0 saturated heterocycles. The molecule has 5 heteroatoms. The molecule has 19 heavy (non-hydrogen) atoms. The van der Waals surface area contributed by atoms with E-state index >= 15 is 0 Å². The number of hydrogen-bond donors (Lipinski definition) is 1. The Bertz CT molecular complexity index is 605. The van der Waals surface area contributed by atoms with E-state index in [0.29, 0.717) is 17.1 Å². The summed E-state index contributed by atoms with van der Waals surface area (Å²) in [6, 6.07) is 5.03. The largest absolute Gasteiger partial charge is 0.383 e. The molecule has 102 valence electrons. The van der Waals surface area contributed by atoms with Crippen molar-refractivity contribution < 1.29 is 4.39 Å². The minimum atomic E-state index is -0.480. The predicted octanol–water partition coefficient (Wildman–Crippen LogP) is 4.07.